The molecule has 122 valence electrons. The number of hydrogen-bond donors (Lipinski definition) is 2. The summed E-state index contributed by atoms with van der Waals surface area (Å²) in [5, 5.41) is 0. The minimum atomic E-state index is -2.15. The third kappa shape index (κ3) is 18.7. The average molecular weight is 324 g/mol. The fourth-order valence-corrected chi connectivity index (χ4v) is 3.33. The Kier molecular flexibility index (Phi) is 18.3. The molecule has 0 rings (SSSR count). The van der Waals surface area contributed by atoms with Gasteiger partial charge in [0.15, 0.2) is 0 Å². The molecule has 0 fully saturated rings. The highest BCUT2D eigenvalue weighted by atomic mass is 32.2. The van der Waals surface area contributed by atoms with Crippen molar-refractivity contribution in [3.05, 3.63) is 0 Å². The molecule has 0 radical (unpaired) electrons. The van der Waals surface area contributed by atoms with Crippen molar-refractivity contribution < 1.29 is 14.3 Å². The molecule has 2 N–H and O–H groups in total. The maximum Gasteiger partial charge on any atom is 0.327 e. The second-order valence-corrected chi connectivity index (χ2v) is 7.22. The Balaban J connectivity index is 2.92. The van der Waals surface area contributed by atoms with Crippen molar-refractivity contribution in [2.24, 2.45) is 0 Å². The second-order valence-electron chi connectivity index (χ2n) is 5.23. The zero-order valence-corrected chi connectivity index (χ0v) is 14.8. The average Bonchev–Trinajstić information content (AvgIpc) is 2.43. The fourth-order valence-electron chi connectivity index (χ4n) is 2.10. The Morgan fingerprint density at radius 1 is 0.750 bits per heavy atom. The molecule has 0 aliphatic heterocycles. The first kappa shape index (κ1) is 20.7. The fraction of sp³-hybridized carbons (Fsp3) is 1.00. The first-order valence-corrected chi connectivity index (χ1v) is 10.5. The van der Waals surface area contributed by atoms with E-state index in [1.165, 1.54) is 70.0 Å². The van der Waals surface area contributed by atoms with Gasteiger partial charge in [0.05, 0.1) is 6.61 Å². The summed E-state index contributed by atoms with van der Waals surface area (Å²) >= 11 is 1.95. The van der Waals surface area contributed by atoms with Crippen LogP contribution in [0.25, 0.3) is 0 Å². The molecule has 20 heavy (non-hydrogen) atoms. The zero-order valence-electron chi connectivity index (χ0n) is 13.1. The van der Waals surface area contributed by atoms with E-state index in [1.807, 2.05) is 11.8 Å². The molecule has 0 saturated heterocycles. The van der Waals surface area contributed by atoms with E-state index in [0.717, 1.165) is 12.2 Å². The lowest BCUT2D eigenvalue weighted by Crippen LogP contribution is -1.92. The van der Waals surface area contributed by atoms with Crippen LogP contribution in [0.5, 0.6) is 0 Å². The summed E-state index contributed by atoms with van der Waals surface area (Å²) in [6.45, 7) is 2.73. The lowest BCUT2D eigenvalue weighted by atomic mass is 10.1. The van der Waals surface area contributed by atoms with Gasteiger partial charge in [-0.3, -0.25) is 0 Å². The van der Waals surface area contributed by atoms with E-state index in [2.05, 4.69) is 6.92 Å². The lowest BCUT2D eigenvalue weighted by Gasteiger charge is -2.04. The predicted octanol–water partition coefficient (Wildman–Crippen LogP) is 5.26. The van der Waals surface area contributed by atoms with Gasteiger partial charge in [-0.15, -0.1) is 0 Å². The highest BCUT2D eigenvalue weighted by Crippen LogP contribution is 2.24. The number of thioether (sulfide) groups is 1. The van der Waals surface area contributed by atoms with Crippen LogP contribution in [0.1, 0.15) is 77.6 Å². The van der Waals surface area contributed by atoms with E-state index in [0.29, 0.717) is 6.61 Å². The molecule has 0 atom stereocenters. The van der Waals surface area contributed by atoms with Gasteiger partial charge in [-0.2, -0.15) is 11.8 Å². The molecule has 0 aliphatic carbocycles. The van der Waals surface area contributed by atoms with Crippen molar-refractivity contribution >= 4 is 20.4 Å². The quantitative estimate of drug-likeness (QED) is 0.300. The highest BCUT2D eigenvalue weighted by molar-refractivity contribution is 7.99. The van der Waals surface area contributed by atoms with Gasteiger partial charge in [0, 0.05) is 0 Å². The second kappa shape index (κ2) is 17.7. The molecule has 0 bridgehead atoms. The van der Waals surface area contributed by atoms with Gasteiger partial charge in [-0.25, -0.2) is 0 Å². The van der Waals surface area contributed by atoms with E-state index >= 15 is 0 Å². The van der Waals surface area contributed by atoms with Gasteiger partial charge in [-0.05, 0) is 24.3 Å². The van der Waals surface area contributed by atoms with Crippen LogP contribution < -0.4 is 0 Å². The molecule has 0 aromatic heterocycles. The van der Waals surface area contributed by atoms with E-state index in [9.17, 15) is 0 Å². The van der Waals surface area contributed by atoms with E-state index in [4.69, 9.17) is 14.3 Å². The number of unbranched alkanes of at least 4 members (excludes halogenated alkanes) is 9. The van der Waals surface area contributed by atoms with Gasteiger partial charge >= 0.3 is 8.60 Å². The minimum Gasteiger partial charge on any atom is -0.328 e. The Bertz CT molecular complexity index is 183. The van der Waals surface area contributed by atoms with Crippen molar-refractivity contribution in [1.82, 2.24) is 0 Å². The van der Waals surface area contributed by atoms with Gasteiger partial charge in [0.25, 0.3) is 0 Å². The Labute approximate surface area is 130 Å². The molecular weight excluding hydrogens is 291 g/mol. The van der Waals surface area contributed by atoms with E-state index in [1.54, 1.807) is 0 Å². The molecular formula is C15H33O3PS. The van der Waals surface area contributed by atoms with Crippen LogP contribution in [-0.2, 0) is 4.52 Å². The largest absolute Gasteiger partial charge is 0.328 e. The smallest absolute Gasteiger partial charge is 0.327 e. The summed E-state index contributed by atoms with van der Waals surface area (Å²) in [5.41, 5.74) is 0. The maximum absolute atomic E-state index is 8.55. The standard InChI is InChI=1S/C15H33O3PS/c1-2-3-4-5-6-7-8-9-10-11-14-20-15-12-13-18-19(16)17/h16-17H,2-15H2,1H3. The van der Waals surface area contributed by atoms with Gasteiger partial charge in [0.1, 0.15) is 0 Å². The number of hydrogen-bond acceptors (Lipinski definition) is 4. The van der Waals surface area contributed by atoms with Crippen molar-refractivity contribution in [1.29, 1.82) is 0 Å². The van der Waals surface area contributed by atoms with Crippen molar-refractivity contribution in [3.63, 3.8) is 0 Å². The van der Waals surface area contributed by atoms with Crippen LogP contribution in [0, 0.1) is 0 Å². The summed E-state index contributed by atoms with van der Waals surface area (Å²) in [6.07, 6.45) is 14.8. The zero-order chi connectivity index (χ0) is 14.9. The Morgan fingerprint density at radius 2 is 1.25 bits per heavy atom. The first-order chi connectivity index (χ1) is 9.77. The Morgan fingerprint density at radius 3 is 1.80 bits per heavy atom. The van der Waals surface area contributed by atoms with E-state index < -0.39 is 8.60 Å². The molecule has 0 aromatic carbocycles. The molecule has 3 nitrogen and oxygen atoms in total. The van der Waals surface area contributed by atoms with Crippen LogP contribution >= 0.6 is 20.4 Å². The maximum atomic E-state index is 8.55. The molecule has 0 saturated carbocycles. The summed E-state index contributed by atoms with van der Waals surface area (Å²) < 4.78 is 4.71. The highest BCUT2D eigenvalue weighted by Gasteiger charge is 1.98. The van der Waals surface area contributed by atoms with Crippen molar-refractivity contribution in [2.75, 3.05) is 18.1 Å². The normalized spacial score (nSPS) is 11.4. The summed E-state index contributed by atoms with van der Waals surface area (Å²) in [4.78, 5) is 17.1. The third-order valence-corrected chi connectivity index (χ3v) is 4.85. The third-order valence-electron chi connectivity index (χ3n) is 3.28. The molecule has 0 aromatic rings. The van der Waals surface area contributed by atoms with E-state index in [-0.39, 0.29) is 0 Å². The topological polar surface area (TPSA) is 49.7 Å². The SMILES string of the molecule is CCCCCCCCCCCCSCCCOP(O)O. The van der Waals surface area contributed by atoms with Gasteiger partial charge < -0.3 is 14.3 Å². The predicted molar refractivity (Wildman–Crippen MR) is 91.1 cm³/mol. The molecule has 0 aliphatic rings. The van der Waals surface area contributed by atoms with Crippen LogP contribution in [0.3, 0.4) is 0 Å². The van der Waals surface area contributed by atoms with Gasteiger partial charge in [-0.1, -0.05) is 64.7 Å². The van der Waals surface area contributed by atoms with Crippen LogP contribution in [0.2, 0.25) is 0 Å². The minimum absolute atomic E-state index is 0.462. The van der Waals surface area contributed by atoms with Crippen LogP contribution in [0.15, 0.2) is 0 Å². The van der Waals surface area contributed by atoms with Crippen LogP contribution in [-0.4, -0.2) is 27.9 Å². The monoisotopic (exact) mass is 324 g/mol. The molecule has 0 amide bonds. The van der Waals surface area contributed by atoms with Crippen LogP contribution in [0.4, 0.5) is 0 Å². The Hall–Kier alpha value is 0.660. The number of rotatable bonds is 16. The first-order valence-electron chi connectivity index (χ1n) is 8.16. The lowest BCUT2D eigenvalue weighted by molar-refractivity contribution is 0.256. The summed E-state index contributed by atoms with van der Waals surface area (Å²) in [6, 6.07) is 0. The van der Waals surface area contributed by atoms with Crippen molar-refractivity contribution in [2.45, 2.75) is 77.6 Å². The van der Waals surface area contributed by atoms with Crippen molar-refractivity contribution in [3.8, 4) is 0 Å². The molecule has 0 heterocycles. The van der Waals surface area contributed by atoms with Gasteiger partial charge in [0.2, 0.25) is 0 Å². The summed E-state index contributed by atoms with van der Waals surface area (Å²) in [5.74, 6) is 2.28. The molecule has 0 unspecified atom stereocenters. The molecule has 0 spiro atoms. The summed E-state index contributed by atoms with van der Waals surface area (Å²) in [7, 11) is -2.15. The molecule has 5 heteroatoms.